The number of methoxy groups -OCH3 is 1. The van der Waals surface area contributed by atoms with Gasteiger partial charge in [0.2, 0.25) is 5.82 Å². The van der Waals surface area contributed by atoms with Crippen LogP contribution in [0.4, 0.5) is 0 Å². The molecule has 0 atom stereocenters. The van der Waals surface area contributed by atoms with E-state index in [1.54, 1.807) is 31.4 Å². The van der Waals surface area contributed by atoms with Crippen molar-refractivity contribution < 1.29 is 14.1 Å². The van der Waals surface area contributed by atoms with Gasteiger partial charge in [-0.2, -0.15) is 10.2 Å². The summed E-state index contributed by atoms with van der Waals surface area (Å²) in [5.74, 6) is 0.920. The molecule has 0 radical (unpaired) electrons. The summed E-state index contributed by atoms with van der Waals surface area (Å²) in [4.78, 5) is 21.2. The van der Waals surface area contributed by atoms with Crippen molar-refractivity contribution in [2.75, 3.05) is 33.3 Å². The van der Waals surface area contributed by atoms with Crippen molar-refractivity contribution >= 4 is 5.91 Å². The Morgan fingerprint density at radius 2 is 1.87 bits per heavy atom. The van der Waals surface area contributed by atoms with Crippen LogP contribution in [0.1, 0.15) is 27.4 Å². The van der Waals surface area contributed by atoms with Crippen LogP contribution in [0, 0.1) is 11.3 Å². The molecule has 1 aliphatic heterocycles. The molecule has 1 saturated heterocycles. The van der Waals surface area contributed by atoms with Crippen molar-refractivity contribution in [2.24, 2.45) is 0 Å². The van der Waals surface area contributed by atoms with Crippen molar-refractivity contribution in [3.63, 3.8) is 0 Å². The summed E-state index contributed by atoms with van der Waals surface area (Å²) in [6.07, 6.45) is 0. The zero-order valence-electron chi connectivity index (χ0n) is 17.3. The van der Waals surface area contributed by atoms with Crippen molar-refractivity contribution in [3.05, 3.63) is 71.1 Å². The molecule has 8 heteroatoms. The molecule has 8 nitrogen and oxygen atoms in total. The van der Waals surface area contributed by atoms with E-state index in [1.807, 2.05) is 17.0 Å². The van der Waals surface area contributed by atoms with Crippen LogP contribution in [0.3, 0.4) is 0 Å². The zero-order chi connectivity index (χ0) is 21.6. The highest BCUT2D eigenvalue weighted by atomic mass is 16.5. The number of aromatic nitrogens is 2. The van der Waals surface area contributed by atoms with Gasteiger partial charge in [-0.25, -0.2) is 0 Å². The van der Waals surface area contributed by atoms with E-state index in [2.05, 4.69) is 33.2 Å². The Balaban J connectivity index is 1.32. The van der Waals surface area contributed by atoms with Gasteiger partial charge in [0.15, 0.2) is 0 Å². The topological polar surface area (TPSA) is 95.5 Å². The summed E-state index contributed by atoms with van der Waals surface area (Å²) >= 11 is 0. The molecule has 0 aliphatic carbocycles. The van der Waals surface area contributed by atoms with Crippen LogP contribution in [0.15, 0.2) is 53.1 Å². The third-order valence-corrected chi connectivity index (χ3v) is 5.29. The zero-order valence-corrected chi connectivity index (χ0v) is 17.3. The smallest absolute Gasteiger partial charge is 0.255 e. The minimum atomic E-state index is -0.0749. The quantitative estimate of drug-likeness (QED) is 0.608. The molecule has 1 aromatic heterocycles. The molecule has 0 N–H and O–H groups in total. The molecule has 2 aromatic carbocycles. The van der Waals surface area contributed by atoms with E-state index in [1.165, 1.54) is 5.56 Å². The van der Waals surface area contributed by atoms with Crippen molar-refractivity contribution in [2.45, 2.75) is 13.2 Å². The van der Waals surface area contributed by atoms with Gasteiger partial charge in [0.05, 0.1) is 17.2 Å². The van der Waals surface area contributed by atoms with Crippen LogP contribution in [-0.4, -0.2) is 59.1 Å². The van der Waals surface area contributed by atoms with E-state index in [0.29, 0.717) is 42.5 Å². The van der Waals surface area contributed by atoms with E-state index >= 15 is 0 Å². The summed E-state index contributed by atoms with van der Waals surface area (Å²) in [5.41, 5.74) is 2.97. The lowest BCUT2D eigenvalue weighted by Gasteiger charge is -2.35. The van der Waals surface area contributed by atoms with E-state index < -0.39 is 0 Å². The lowest BCUT2D eigenvalue weighted by molar-refractivity contribution is 0.0628. The highest BCUT2D eigenvalue weighted by molar-refractivity contribution is 5.96. The maximum absolute atomic E-state index is 12.8. The number of nitriles is 1. The predicted octanol–water partition coefficient (Wildman–Crippen LogP) is 2.71. The Bertz CT molecular complexity index is 1080. The van der Waals surface area contributed by atoms with Crippen LogP contribution in [0.2, 0.25) is 0 Å². The SMILES string of the molecule is COCc1nc(-c2ccc(CN3CCN(C(=O)c4ccccc4C#N)CC3)cc2)no1. The third kappa shape index (κ3) is 4.79. The van der Waals surface area contributed by atoms with Gasteiger partial charge >= 0.3 is 0 Å². The molecule has 3 aromatic rings. The Hall–Kier alpha value is -3.54. The summed E-state index contributed by atoms with van der Waals surface area (Å²) in [6, 6.07) is 17.1. The van der Waals surface area contributed by atoms with Crippen molar-refractivity contribution in [3.8, 4) is 17.5 Å². The van der Waals surface area contributed by atoms with E-state index in [0.717, 1.165) is 25.2 Å². The average Bonchev–Trinajstić information content (AvgIpc) is 3.28. The molecule has 0 spiro atoms. The summed E-state index contributed by atoms with van der Waals surface area (Å²) in [6.45, 7) is 3.95. The van der Waals surface area contributed by atoms with Gasteiger partial charge in [0.25, 0.3) is 11.8 Å². The molecule has 158 valence electrons. The second-order valence-corrected chi connectivity index (χ2v) is 7.37. The summed E-state index contributed by atoms with van der Waals surface area (Å²) < 4.78 is 10.1. The van der Waals surface area contributed by atoms with Gasteiger partial charge in [-0.15, -0.1) is 0 Å². The first-order chi connectivity index (χ1) is 15.2. The Morgan fingerprint density at radius 3 is 2.58 bits per heavy atom. The van der Waals surface area contributed by atoms with Gasteiger partial charge in [0, 0.05) is 45.4 Å². The maximum atomic E-state index is 12.8. The van der Waals surface area contributed by atoms with Gasteiger partial charge < -0.3 is 14.2 Å². The number of rotatable bonds is 6. The van der Waals surface area contributed by atoms with Crippen LogP contribution in [-0.2, 0) is 17.9 Å². The van der Waals surface area contributed by atoms with Crippen LogP contribution >= 0.6 is 0 Å². The molecule has 0 unspecified atom stereocenters. The molecule has 2 heterocycles. The number of hydrogen-bond donors (Lipinski definition) is 0. The number of piperazine rings is 1. The van der Waals surface area contributed by atoms with Crippen molar-refractivity contribution in [1.82, 2.24) is 19.9 Å². The molecule has 0 bridgehead atoms. The number of carbonyl (C=O) groups is 1. The second-order valence-electron chi connectivity index (χ2n) is 7.37. The Morgan fingerprint density at radius 1 is 1.13 bits per heavy atom. The number of hydrogen-bond acceptors (Lipinski definition) is 7. The first kappa shape index (κ1) is 20.7. The van der Waals surface area contributed by atoms with Crippen LogP contribution in [0.25, 0.3) is 11.4 Å². The monoisotopic (exact) mass is 417 g/mol. The first-order valence-electron chi connectivity index (χ1n) is 10.1. The average molecular weight is 417 g/mol. The number of carbonyl (C=O) groups excluding carboxylic acids is 1. The van der Waals surface area contributed by atoms with Gasteiger partial charge in [-0.1, -0.05) is 41.6 Å². The lowest BCUT2D eigenvalue weighted by Crippen LogP contribution is -2.48. The summed E-state index contributed by atoms with van der Waals surface area (Å²) in [7, 11) is 1.58. The predicted molar refractivity (Wildman–Crippen MR) is 113 cm³/mol. The number of nitrogens with zero attached hydrogens (tertiary/aromatic N) is 5. The molecule has 31 heavy (non-hydrogen) atoms. The molecule has 0 saturated carbocycles. The molecular weight excluding hydrogens is 394 g/mol. The molecule has 1 amide bonds. The standard InChI is InChI=1S/C23H23N5O3/c1-30-16-21-25-22(26-31-21)18-8-6-17(7-9-18)15-27-10-12-28(13-11-27)23(29)20-5-3-2-4-19(20)14-24/h2-9H,10-13,15-16H2,1H3. The highest BCUT2D eigenvalue weighted by Gasteiger charge is 2.23. The fraction of sp³-hybridized carbons (Fsp3) is 0.304. The van der Waals surface area contributed by atoms with Gasteiger partial charge in [-0.3, -0.25) is 9.69 Å². The fourth-order valence-electron chi connectivity index (χ4n) is 3.62. The highest BCUT2D eigenvalue weighted by Crippen LogP contribution is 2.19. The fourth-order valence-corrected chi connectivity index (χ4v) is 3.62. The van der Waals surface area contributed by atoms with Gasteiger partial charge in [0.1, 0.15) is 6.61 Å². The molecule has 4 rings (SSSR count). The van der Waals surface area contributed by atoms with Gasteiger partial charge in [-0.05, 0) is 17.7 Å². The number of ether oxygens (including phenoxy) is 1. The molecule has 1 fully saturated rings. The van der Waals surface area contributed by atoms with E-state index in [9.17, 15) is 10.1 Å². The summed E-state index contributed by atoms with van der Waals surface area (Å²) in [5, 5.41) is 13.2. The van der Waals surface area contributed by atoms with E-state index in [4.69, 9.17) is 9.26 Å². The minimum Gasteiger partial charge on any atom is -0.375 e. The maximum Gasteiger partial charge on any atom is 0.255 e. The third-order valence-electron chi connectivity index (χ3n) is 5.29. The minimum absolute atomic E-state index is 0.0749. The van der Waals surface area contributed by atoms with Crippen LogP contribution in [0.5, 0.6) is 0 Å². The Labute approximate surface area is 180 Å². The van der Waals surface area contributed by atoms with E-state index in [-0.39, 0.29) is 5.91 Å². The number of amides is 1. The van der Waals surface area contributed by atoms with Crippen LogP contribution < -0.4 is 0 Å². The second kappa shape index (κ2) is 9.51. The normalized spacial score (nSPS) is 14.4. The lowest BCUT2D eigenvalue weighted by atomic mass is 10.1. The molecule has 1 aliphatic rings. The number of benzene rings is 2. The largest absolute Gasteiger partial charge is 0.375 e. The Kier molecular flexibility index (Phi) is 6.36. The molecular formula is C23H23N5O3. The first-order valence-corrected chi connectivity index (χ1v) is 10.1. The van der Waals surface area contributed by atoms with Crippen molar-refractivity contribution in [1.29, 1.82) is 5.26 Å².